The first-order valence-electron chi connectivity index (χ1n) is 9.91. The summed E-state index contributed by atoms with van der Waals surface area (Å²) in [5, 5.41) is 3.61. The molecule has 30 heavy (non-hydrogen) atoms. The van der Waals surface area contributed by atoms with Crippen LogP contribution in [0.4, 0.5) is 21.2 Å². The van der Waals surface area contributed by atoms with E-state index in [9.17, 15) is 0 Å². The Kier molecular flexibility index (Phi) is 5.28. The Morgan fingerprint density at radius 1 is 1.17 bits per heavy atom. The van der Waals surface area contributed by atoms with Crippen molar-refractivity contribution in [3.8, 4) is 10.4 Å². The van der Waals surface area contributed by atoms with E-state index in [4.69, 9.17) is 4.74 Å². The van der Waals surface area contributed by atoms with Crippen molar-refractivity contribution in [3.05, 3.63) is 42.4 Å². The molecule has 0 atom stereocenters. The third-order valence-corrected chi connectivity index (χ3v) is 6.34. The van der Waals surface area contributed by atoms with E-state index >= 15 is 4.39 Å². The molecule has 0 unspecified atom stereocenters. The number of thiazole rings is 1. The van der Waals surface area contributed by atoms with Crippen LogP contribution in [0.3, 0.4) is 0 Å². The minimum absolute atomic E-state index is 0.152. The summed E-state index contributed by atoms with van der Waals surface area (Å²) in [5.41, 5.74) is 0.970. The van der Waals surface area contributed by atoms with Gasteiger partial charge in [-0.2, -0.15) is 4.39 Å². The Labute approximate surface area is 177 Å². The van der Waals surface area contributed by atoms with Gasteiger partial charge in [0.2, 0.25) is 5.82 Å². The molecule has 2 aliphatic rings. The van der Waals surface area contributed by atoms with Crippen LogP contribution >= 0.6 is 11.3 Å². The van der Waals surface area contributed by atoms with E-state index < -0.39 is 5.82 Å². The summed E-state index contributed by atoms with van der Waals surface area (Å²) in [7, 11) is 0. The predicted octanol–water partition coefficient (Wildman–Crippen LogP) is 2.71. The number of aryl methyl sites for hydroxylation is 1. The number of ether oxygens (including phenoxy) is 1. The first kappa shape index (κ1) is 19.3. The molecule has 2 aliphatic heterocycles. The Hall–Kier alpha value is -2.69. The molecule has 2 saturated heterocycles. The number of piperazine rings is 1. The lowest BCUT2D eigenvalue weighted by Gasteiger charge is -2.42. The van der Waals surface area contributed by atoms with Gasteiger partial charge in [0.05, 0.1) is 24.1 Å². The molecule has 2 fully saturated rings. The molecule has 8 nitrogen and oxygen atoms in total. The molecule has 5 rings (SSSR count). The third kappa shape index (κ3) is 3.85. The molecular formula is C20H22FN7OS. The van der Waals surface area contributed by atoms with Gasteiger partial charge in [0.1, 0.15) is 5.82 Å². The summed E-state index contributed by atoms with van der Waals surface area (Å²) in [6.07, 6.45) is 5.25. The maximum absolute atomic E-state index is 15.3. The quantitative estimate of drug-likeness (QED) is 0.666. The number of pyridine rings is 1. The van der Waals surface area contributed by atoms with E-state index in [1.807, 2.05) is 17.0 Å². The van der Waals surface area contributed by atoms with Crippen LogP contribution in [0, 0.1) is 12.7 Å². The Balaban J connectivity index is 1.33. The molecule has 3 aromatic heterocycles. The standard InChI is InChI=1S/C20H22FN7OS/c1-13-24-18(26-20-23-10-16(30-20)14-3-2-4-22-9-14)17(21)19(25-13)28-7-5-27(6-8-28)15-11-29-12-15/h2-4,9-10,15H,5-8,11-12H2,1H3,(H,23,24,25,26). The minimum atomic E-state index is -0.445. The number of anilines is 3. The number of aromatic nitrogens is 4. The summed E-state index contributed by atoms with van der Waals surface area (Å²) in [6.45, 7) is 6.57. The number of hydrogen-bond donors (Lipinski definition) is 1. The fourth-order valence-electron chi connectivity index (χ4n) is 3.64. The third-order valence-electron chi connectivity index (χ3n) is 5.37. The summed E-state index contributed by atoms with van der Waals surface area (Å²) >= 11 is 1.43. The molecule has 10 heteroatoms. The monoisotopic (exact) mass is 427 g/mol. The molecule has 0 radical (unpaired) electrons. The predicted molar refractivity (Wildman–Crippen MR) is 114 cm³/mol. The first-order chi connectivity index (χ1) is 14.7. The average molecular weight is 428 g/mol. The van der Waals surface area contributed by atoms with Crippen LogP contribution in [-0.4, -0.2) is 70.3 Å². The van der Waals surface area contributed by atoms with Gasteiger partial charge in [0, 0.05) is 50.3 Å². The molecule has 0 saturated carbocycles. The van der Waals surface area contributed by atoms with Gasteiger partial charge in [-0.3, -0.25) is 9.88 Å². The van der Waals surface area contributed by atoms with Crippen molar-refractivity contribution < 1.29 is 9.13 Å². The zero-order valence-electron chi connectivity index (χ0n) is 16.6. The molecule has 0 spiro atoms. The summed E-state index contributed by atoms with van der Waals surface area (Å²) in [5.74, 6) is 0.574. The summed E-state index contributed by atoms with van der Waals surface area (Å²) < 4.78 is 20.6. The lowest BCUT2D eigenvalue weighted by molar-refractivity contribution is -0.0661. The molecule has 0 bridgehead atoms. The van der Waals surface area contributed by atoms with Crippen molar-refractivity contribution in [2.45, 2.75) is 13.0 Å². The number of hydrogen-bond acceptors (Lipinski definition) is 9. The highest BCUT2D eigenvalue weighted by Gasteiger charge is 2.30. The second-order valence-corrected chi connectivity index (χ2v) is 8.40. The van der Waals surface area contributed by atoms with Crippen molar-refractivity contribution in [1.82, 2.24) is 24.8 Å². The highest BCUT2D eigenvalue weighted by molar-refractivity contribution is 7.18. The van der Waals surface area contributed by atoms with E-state index in [1.54, 1.807) is 25.5 Å². The molecule has 3 aromatic rings. The van der Waals surface area contributed by atoms with Crippen molar-refractivity contribution >= 4 is 28.1 Å². The first-order valence-corrected chi connectivity index (χ1v) is 10.7. The van der Waals surface area contributed by atoms with Crippen LogP contribution in [-0.2, 0) is 4.74 Å². The Bertz CT molecular complexity index is 1020. The van der Waals surface area contributed by atoms with Gasteiger partial charge >= 0.3 is 0 Å². The van der Waals surface area contributed by atoms with Gasteiger partial charge in [-0.25, -0.2) is 15.0 Å². The largest absolute Gasteiger partial charge is 0.378 e. The Morgan fingerprint density at radius 3 is 2.70 bits per heavy atom. The van der Waals surface area contributed by atoms with Gasteiger partial charge in [-0.15, -0.1) is 0 Å². The van der Waals surface area contributed by atoms with Crippen LogP contribution in [0.2, 0.25) is 0 Å². The molecule has 5 heterocycles. The average Bonchev–Trinajstić information content (AvgIpc) is 3.19. The van der Waals surface area contributed by atoms with Crippen molar-refractivity contribution in [2.75, 3.05) is 49.6 Å². The van der Waals surface area contributed by atoms with Gasteiger partial charge in [-0.05, 0) is 13.0 Å². The van der Waals surface area contributed by atoms with Crippen molar-refractivity contribution in [3.63, 3.8) is 0 Å². The normalized spacial score (nSPS) is 17.7. The zero-order chi connectivity index (χ0) is 20.5. The van der Waals surface area contributed by atoms with Crippen LogP contribution in [0.1, 0.15) is 5.82 Å². The number of nitrogens with one attached hydrogen (secondary N) is 1. The maximum Gasteiger partial charge on any atom is 0.208 e. The maximum atomic E-state index is 15.3. The summed E-state index contributed by atoms with van der Waals surface area (Å²) in [6, 6.07) is 4.34. The van der Waals surface area contributed by atoms with Crippen LogP contribution in [0.5, 0.6) is 0 Å². The second kappa shape index (κ2) is 8.21. The van der Waals surface area contributed by atoms with Crippen LogP contribution in [0.25, 0.3) is 10.4 Å². The number of nitrogens with zero attached hydrogens (tertiary/aromatic N) is 6. The minimum Gasteiger partial charge on any atom is -0.378 e. The molecular weight excluding hydrogens is 405 g/mol. The topological polar surface area (TPSA) is 79.3 Å². The van der Waals surface area contributed by atoms with Gasteiger partial charge in [0.25, 0.3) is 0 Å². The van der Waals surface area contributed by atoms with Gasteiger partial charge in [0.15, 0.2) is 16.8 Å². The molecule has 0 amide bonds. The second-order valence-electron chi connectivity index (χ2n) is 7.37. The number of halogens is 1. The van der Waals surface area contributed by atoms with E-state index in [0.717, 1.165) is 49.8 Å². The van der Waals surface area contributed by atoms with E-state index in [0.29, 0.717) is 22.8 Å². The van der Waals surface area contributed by atoms with E-state index in [1.165, 1.54) is 11.3 Å². The molecule has 156 valence electrons. The summed E-state index contributed by atoms with van der Waals surface area (Å²) in [4.78, 5) is 22.5. The van der Waals surface area contributed by atoms with E-state index in [-0.39, 0.29) is 5.82 Å². The lowest BCUT2D eigenvalue weighted by atomic mass is 10.2. The van der Waals surface area contributed by atoms with Gasteiger partial charge in [-0.1, -0.05) is 17.4 Å². The van der Waals surface area contributed by atoms with E-state index in [2.05, 4.69) is 30.2 Å². The number of rotatable bonds is 5. The van der Waals surface area contributed by atoms with Crippen LogP contribution in [0.15, 0.2) is 30.7 Å². The molecule has 0 aromatic carbocycles. The van der Waals surface area contributed by atoms with Gasteiger partial charge < -0.3 is 15.0 Å². The van der Waals surface area contributed by atoms with Crippen molar-refractivity contribution in [1.29, 1.82) is 0 Å². The smallest absolute Gasteiger partial charge is 0.208 e. The zero-order valence-corrected chi connectivity index (χ0v) is 17.4. The van der Waals surface area contributed by atoms with Crippen LogP contribution < -0.4 is 10.2 Å². The highest BCUT2D eigenvalue weighted by atomic mass is 32.1. The molecule has 0 aliphatic carbocycles. The fourth-order valence-corrected chi connectivity index (χ4v) is 4.45. The van der Waals surface area contributed by atoms with Crippen molar-refractivity contribution in [2.24, 2.45) is 0 Å². The fraction of sp³-hybridized carbons (Fsp3) is 0.400. The Morgan fingerprint density at radius 2 is 2.00 bits per heavy atom. The SMILES string of the molecule is Cc1nc(Nc2ncc(-c3cccnc3)s2)c(F)c(N2CCN(C3COC3)CC2)n1. The lowest BCUT2D eigenvalue weighted by Crippen LogP contribution is -2.56. The molecule has 1 N–H and O–H groups in total. The highest BCUT2D eigenvalue weighted by Crippen LogP contribution is 2.32.